The largest absolute Gasteiger partial charge is 0.483 e. The summed E-state index contributed by atoms with van der Waals surface area (Å²) in [5, 5.41) is 31.7. The number of aromatic nitrogens is 3. The Bertz CT molecular complexity index is 1230. The number of nitrogens with zero attached hydrogens (tertiary/aromatic N) is 4. The topological polar surface area (TPSA) is 205 Å². The van der Waals surface area contributed by atoms with Gasteiger partial charge >= 0.3 is 0 Å². The maximum Gasteiger partial charge on any atom is 0.256 e. The molecule has 2 rings (SSSR count). The van der Waals surface area contributed by atoms with Crippen LogP contribution in [-0.4, -0.2) is 81.9 Å². The minimum Gasteiger partial charge on any atom is -0.483 e. The van der Waals surface area contributed by atoms with Crippen LogP contribution in [0.4, 0.5) is 11.6 Å². The second-order valence-electron chi connectivity index (χ2n) is 8.09. The van der Waals surface area contributed by atoms with Gasteiger partial charge < -0.3 is 47.3 Å². The van der Waals surface area contributed by atoms with E-state index in [0.29, 0.717) is 17.9 Å². The van der Waals surface area contributed by atoms with E-state index in [4.69, 9.17) is 16.2 Å². The van der Waals surface area contributed by atoms with Gasteiger partial charge in [-0.3, -0.25) is 9.59 Å². The van der Waals surface area contributed by atoms with Gasteiger partial charge in [-0.05, 0) is 25.2 Å². The van der Waals surface area contributed by atoms with E-state index >= 15 is 0 Å². The van der Waals surface area contributed by atoms with Crippen molar-refractivity contribution in [2.75, 3.05) is 45.0 Å². The molecule has 0 fully saturated rings. The maximum absolute atomic E-state index is 12.7. The smallest absolute Gasteiger partial charge is 0.256 e. The van der Waals surface area contributed by atoms with Crippen molar-refractivity contribution >= 4 is 29.5 Å². The number of hydrogen-bond acceptors (Lipinski definition) is 12. The molecule has 2 aromatic heterocycles. The Morgan fingerprint density at radius 1 is 1.32 bits per heavy atom. The molecule has 1 amide bonds. The van der Waals surface area contributed by atoms with Crippen molar-refractivity contribution in [3.8, 4) is 0 Å². The second kappa shape index (κ2) is 12.9. The van der Waals surface area contributed by atoms with Crippen molar-refractivity contribution < 1.29 is 24.5 Å². The fourth-order valence-electron chi connectivity index (χ4n) is 2.76. The number of aliphatic hydroxyl groups is 2. The van der Waals surface area contributed by atoms with Gasteiger partial charge in [0, 0.05) is 39.0 Å². The van der Waals surface area contributed by atoms with Crippen molar-refractivity contribution in [3.05, 3.63) is 65.7 Å². The van der Waals surface area contributed by atoms with Crippen LogP contribution in [0.15, 0.2) is 60.2 Å². The zero-order valence-corrected chi connectivity index (χ0v) is 21.1. The lowest BCUT2D eigenvalue weighted by atomic mass is 10.1. The lowest BCUT2D eigenvalue weighted by Gasteiger charge is -2.20. The molecule has 1 atom stereocenters. The summed E-state index contributed by atoms with van der Waals surface area (Å²) in [6.07, 6.45) is 9.76. The number of fused-ring (bicyclic) bond motifs is 1. The monoisotopic (exact) mass is 515 g/mol. The zero-order chi connectivity index (χ0) is 27.6. The number of anilines is 2. The summed E-state index contributed by atoms with van der Waals surface area (Å²) in [5.74, 6) is 0.807. The Morgan fingerprint density at radius 2 is 2.05 bits per heavy atom. The number of ether oxygens (including phenoxy) is 1. The summed E-state index contributed by atoms with van der Waals surface area (Å²) < 4.78 is 6.26. The van der Waals surface area contributed by atoms with Crippen LogP contribution in [0.1, 0.15) is 17.3 Å². The molecule has 0 saturated carbocycles. The lowest BCUT2D eigenvalue weighted by molar-refractivity contribution is -0.104. The summed E-state index contributed by atoms with van der Waals surface area (Å²) in [6.45, 7) is 0.692. The molecule has 2 heterocycles. The predicted molar refractivity (Wildman–Crippen MR) is 139 cm³/mol. The first kappa shape index (κ1) is 28.7. The zero-order valence-electron chi connectivity index (χ0n) is 21.1. The van der Waals surface area contributed by atoms with Crippen LogP contribution >= 0.6 is 0 Å². The Kier molecular flexibility index (Phi) is 10.0. The molecule has 0 saturated heterocycles. The normalized spacial score (nSPS) is 14.4. The number of aldehydes is 1. The van der Waals surface area contributed by atoms with Crippen molar-refractivity contribution in [2.45, 2.75) is 12.5 Å². The molecule has 0 aliphatic carbocycles. The molecule has 0 aromatic carbocycles. The van der Waals surface area contributed by atoms with Crippen LogP contribution in [0.3, 0.4) is 0 Å². The molecule has 9 N–H and O–H groups in total. The van der Waals surface area contributed by atoms with Gasteiger partial charge in [0.2, 0.25) is 0 Å². The minimum absolute atomic E-state index is 0.137. The number of methoxy groups -OCH3 is 1. The highest BCUT2D eigenvalue weighted by atomic mass is 16.5. The molecule has 0 radical (unpaired) electrons. The van der Waals surface area contributed by atoms with E-state index in [9.17, 15) is 19.8 Å². The number of hydrogen-bond donors (Lipinski definition) is 7. The molecule has 1 unspecified atom stereocenters. The third kappa shape index (κ3) is 7.98. The fourth-order valence-corrected chi connectivity index (χ4v) is 2.76. The Balaban J connectivity index is 2.26. The van der Waals surface area contributed by atoms with Crippen molar-refractivity contribution in [3.63, 3.8) is 0 Å². The molecule has 200 valence electrons. The number of nitrogens with two attached hydrogens (primary N) is 2. The number of carbonyl (C=O) groups is 2. The van der Waals surface area contributed by atoms with Gasteiger partial charge in [-0.2, -0.15) is 9.61 Å². The highest BCUT2D eigenvalue weighted by molar-refractivity contribution is 6.00. The van der Waals surface area contributed by atoms with Crippen LogP contribution < -0.4 is 27.4 Å². The molecule has 0 bridgehead atoms. The maximum atomic E-state index is 12.7. The van der Waals surface area contributed by atoms with Crippen LogP contribution in [0.2, 0.25) is 0 Å². The number of allylic oxidation sites excluding steroid dienone is 5. The summed E-state index contributed by atoms with van der Waals surface area (Å²) in [6, 6.07) is 1.61. The van der Waals surface area contributed by atoms with E-state index in [1.54, 1.807) is 43.4 Å². The molecule has 0 aliphatic heterocycles. The van der Waals surface area contributed by atoms with Crippen molar-refractivity contribution in [2.24, 2.45) is 11.5 Å². The first-order chi connectivity index (χ1) is 17.5. The van der Waals surface area contributed by atoms with E-state index in [1.807, 2.05) is 0 Å². The number of aliphatic hydroxyl groups excluding tert-OH is 1. The molecular formula is C23H33N9O5. The summed E-state index contributed by atoms with van der Waals surface area (Å²) >= 11 is 0. The minimum atomic E-state index is -1.48. The molecule has 37 heavy (non-hydrogen) atoms. The highest BCUT2D eigenvalue weighted by Gasteiger charge is 2.22. The molecule has 2 aromatic rings. The number of amides is 1. The van der Waals surface area contributed by atoms with E-state index in [0.717, 1.165) is 0 Å². The molecule has 14 nitrogen and oxygen atoms in total. The molecular weight excluding hydrogens is 482 g/mol. The number of carbonyl (C=O) groups excluding carboxylic acids is 2. The third-order valence-electron chi connectivity index (χ3n) is 4.99. The standard InChI is InChI=1S/C23H33N9O5/c1-23(36,14-34)13-27-22(35)16-11-28-32-20(26-2)10-19(30-21(16)32)29-15(12-33)6-5-9-31(3)17(24)7-8-18(25)37-4/h5-12,26,34,36H,13-14,24-25H2,1-4H3,(H,27,35)(H,29,30)/b9-5-,15-6+,17-7+,18-8+. The van der Waals surface area contributed by atoms with Gasteiger partial charge in [0.25, 0.3) is 5.91 Å². The Morgan fingerprint density at radius 3 is 2.68 bits per heavy atom. The number of rotatable bonds is 13. The van der Waals surface area contributed by atoms with Gasteiger partial charge in [0.05, 0.1) is 25.6 Å². The van der Waals surface area contributed by atoms with Gasteiger partial charge in [-0.25, -0.2) is 4.98 Å². The van der Waals surface area contributed by atoms with E-state index in [2.05, 4.69) is 26.0 Å². The van der Waals surface area contributed by atoms with Crippen LogP contribution in [0.5, 0.6) is 0 Å². The SMILES string of the molecule is CNc1cc(N/C(C=O)=C/C=C\N(C)/C(N)=C/C=C(\N)OC)nc2c(C(=O)NCC(C)(O)CO)cnn12. The average molecular weight is 516 g/mol. The predicted octanol–water partition coefficient (Wildman–Crippen LogP) is -0.569. The highest BCUT2D eigenvalue weighted by Crippen LogP contribution is 2.20. The first-order valence-electron chi connectivity index (χ1n) is 11.0. The van der Waals surface area contributed by atoms with Gasteiger partial charge in [0.1, 0.15) is 28.6 Å². The first-order valence-corrected chi connectivity index (χ1v) is 11.0. The van der Waals surface area contributed by atoms with Gasteiger partial charge in [-0.1, -0.05) is 0 Å². The lowest BCUT2D eigenvalue weighted by Crippen LogP contribution is -2.43. The average Bonchev–Trinajstić information content (AvgIpc) is 3.32. The Labute approximate surface area is 214 Å². The molecule has 0 aliphatic rings. The van der Waals surface area contributed by atoms with E-state index in [1.165, 1.54) is 36.9 Å². The van der Waals surface area contributed by atoms with Gasteiger partial charge in [0.15, 0.2) is 17.8 Å². The third-order valence-corrected chi connectivity index (χ3v) is 4.99. The second-order valence-corrected chi connectivity index (χ2v) is 8.09. The van der Waals surface area contributed by atoms with Crippen LogP contribution in [0.25, 0.3) is 5.65 Å². The van der Waals surface area contributed by atoms with Gasteiger partial charge in [-0.15, -0.1) is 0 Å². The Hall–Kier alpha value is -4.56. The number of nitrogens with one attached hydrogen (secondary N) is 3. The summed E-state index contributed by atoms with van der Waals surface area (Å²) in [7, 11) is 4.82. The van der Waals surface area contributed by atoms with Crippen LogP contribution in [-0.2, 0) is 9.53 Å². The van der Waals surface area contributed by atoms with Crippen molar-refractivity contribution in [1.82, 2.24) is 24.8 Å². The summed E-state index contributed by atoms with van der Waals surface area (Å²) in [4.78, 5) is 30.4. The fraction of sp³-hybridized carbons (Fsp3) is 0.304. The molecule has 0 spiro atoms. The summed E-state index contributed by atoms with van der Waals surface area (Å²) in [5.41, 5.74) is 10.5. The molecule has 14 heteroatoms. The van der Waals surface area contributed by atoms with Crippen LogP contribution in [0, 0.1) is 0 Å². The quantitative estimate of drug-likeness (QED) is 0.0775. The van der Waals surface area contributed by atoms with E-state index < -0.39 is 18.1 Å². The van der Waals surface area contributed by atoms with E-state index in [-0.39, 0.29) is 35.2 Å². The van der Waals surface area contributed by atoms with Crippen molar-refractivity contribution in [1.29, 1.82) is 0 Å².